The van der Waals surface area contributed by atoms with Gasteiger partial charge in [0, 0.05) is 25.2 Å². The Morgan fingerprint density at radius 2 is 1.92 bits per heavy atom. The van der Waals surface area contributed by atoms with Crippen molar-refractivity contribution in [1.29, 1.82) is 0 Å². The van der Waals surface area contributed by atoms with Crippen LogP contribution in [0.4, 0.5) is 5.69 Å². The number of amides is 4. The molecule has 1 fully saturated rings. The van der Waals surface area contributed by atoms with Gasteiger partial charge in [0.05, 0.1) is 24.3 Å². The monoisotopic (exact) mass is 360 g/mol. The molecule has 3 rings (SSSR count). The molecule has 1 aromatic rings. The van der Waals surface area contributed by atoms with Crippen molar-refractivity contribution in [2.75, 3.05) is 31.6 Å². The number of carbonyl (C=O) groups is 4. The van der Waals surface area contributed by atoms with Crippen LogP contribution in [0.2, 0.25) is 0 Å². The number of nitrogens with zero attached hydrogens (tertiary/aromatic N) is 1. The first-order valence-corrected chi connectivity index (χ1v) is 8.40. The fourth-order valence-corrected chi connectivity index (χ4v) is 3.03. The number of benzene rings is 1. The average molecular weight is 360 g/mol. The molecular formula is C17H20N4O5. The van der Waals surface area contributed by atoms with Crippen LogP contribution >= 0.6 is 0 Å². The van der Waals surface area contributed by atoms with Crippen molar-refractivity contribution < 1.29 is 23.9 Å². The summed E-state index contributed by atoms with van der Waals surface area (Å²) in [6, 6.07) is 3.89. The van der Waals surface area contributed by atoms with E-state index >= 15 is 0 Å². The maximum absolute atomic E-state index is 12.7. The summed E-state index contributed by atoms with van der Waals surface area (Å²) in [5.74, 6) is -2.06. The highest BCUT2D eigenvalue weighted by atomic mass is 16.5. The number of hydrogen-bond acceptors (Lipinski definition) is 7. The van der Waals surface area contributed by atoms with Gasteiger partial charge in [-0.1, -0.05) is 0 Å². The number of rotatable bonds is 7. The maximum atomic E-state index is 12.7. The van der Waals surface area contributed by atoms with E-state index in [1.807, 2.05) is 0 Å². The van der Waals surface area contributed by atoms with Gasteiger partial charge >= 0.3 is 0 Å². The van der Waals surface area contributed by atoms with Crippen molar-refractivity contribution in [3.63, 3.8) is 0 Å². The zero-order valence-electron chi connectivity index (χ0n) is 14.1. The molecule has 1 saturated heterocycles. The van der Waals surface area contributed by atoms with Crippen LogP contribution in [0.15, 0.2) is 18.2 Å². The van der Waals surface area contributed by atoms with E-state index in [4.69, 9.17) is 10.5 Å². The van der Waals surface area contributed by atoms with Crippen molar-refractivity contribution in [3.8, 4) is 0 Å². The lowest BCUT2D eigenvalue weighted by atomic mass is 10.0. The largest absolute Gasteiger partial charge is 0.383 e. The number of fused-ring (bicyclic) bond motifs is 1. The van der Waals surface area contributed by atoms with Gasteiger partial charge in [0.2, 0.25) is 11.8 Å². The predicted octanol–water partition coefficient (Wildman–Crippen LogP) is -0.525. The molecule has 0 aromatic heterocycles. The summed E-state index contributed by atoms with van der Waals surface area (Å²) in [7, 11) is 0. The lowest BCUT2D eigenvalue weighted by Gasteiger charge is -2.27. The highest BCUT2D eigenvalue weighted by Crippen LogP contribution is 2.29. The number of hydrogen-bond donors (Lipinski definition) is 3. The zero-order valence-corrected chi connectivity index (χ0v) is 14.1. The number of nitrogens with one attached hydrogen (secondary N) is 2. The van der Waals surface area contributed by atoms with E-state index in [-0.39, 0.29) is 24.0 Å². The van der Waals surface area contributed by atoms with E-state index < -0.39 is 29.7 Å². The second-order valence-corrected chi connectivity index (χ2v) is 6.04. The topological polar surface area (TPSA) is 131 Å². The summed E-state index contributed by atoms with van der Waals surface area (Å²) in [5, 5.41) is 5.28. The molecule has 9 heteroatoms. The molecule has 2 aliphatic rings. The zero-order chi connectivity index (χ0) is 18.7. The molecular weight excluding hydrogens is 340 g/mol. The quantitative estimate of drug-likeness (QED) is 0.440. The average Bonchev–Trinajstić information content (AvgIpc) is 2.86. The number of imide groups is 2. The molecule has 0 aliphatic carbocycles. The molecule has 1 atom stereocenters. The second kappa shape index (κ2) is 7.63. The van der Waals surface area contributed by atoms with E-state index in [0.717, 1.165) is 4.90 Å². The van der Waals surface area contributed by atoms with Gasteiger partial charge in [0.1, 0.15) is 6.04 Å². The Hall–Kier alpha value is -2.78. The Bertz CT molecular complexity index is 764. The first kappa shape index (κ1) is 18.0. The summed E-state index contributed by atoms with van der Waals surface area (Å²) in [6.45, 7) is 1.91. The van der Waals surface area contributed by atoms with E-state index in [0.29, 0.717) is 32.0 Å². The minimum atomic E-state index is -0.957. The molecule has 26 heavy (non-hydrogen) atoms. The maximum Gasteiger partial charge on any atom is 0.262 e. The van der Waals surface area contributed by atoms with Gasteiger partial charge in [-0.2, -0.15) is 0 Å². The number of carbonyl (C=O) groups excluding carboxylic acids is 4. The fourth-order valence-electron chi connectivity index (χ4n) is 3.03. The summed E-state index contributed by atoms with van der Waals surface area (Å²) in [4.78, 5) is 49.5. The van der Waals surface area contributed by atoms with Gasteiger partial charge in [-0.3, -0.25) is 29.4 Å². The van der Waals surface area contributed by atoms with Crippen LogP contribution in [-0.4, -0.2) is 60.9 Å². The molecule has 9 nitrogen and oxygen atoms in total. The highest BCUT2D eigenvalue weighted by molar-refractivity contribution is 6.23. The van der Waals surface area contributed by atoms with Crippen molar-refractivity contribution in [2.24, 2.45) is 5.73 Å². The molecule has 1 unspecified atom stereocenters. The first-order valence-electron chi connectivity index (χ1n) is 8.40. The Morgan fingerprint density at radius 1 is 1.15 bits per heavy atom. The van der Waals surface area contributed by atoms with E-state index in [1.54, 1.807) is 18.2 Å². The van der Waals surface area contributed by atoms with Gasteiger partial charge in [0.15, 0.2) is 0 Å². The van der Waals surface area contributed by atoms with Gasteiger partial charge in [0.25, 0.3) is 11.8 Å². The fraction of sp³-hybridized carbons (Fsp3) is 0.412. The van der Waals surface area contributed by atoms with Crippen LogP contribution in [-0.2, 0) is 14.3 Å². The molecule has 2 heterocycles. The minimum absolute atomic E-state index is 0.0966. The van der Waals surface area contributed by atoms with Crippen LogP contribution in [0.1, 0.15) is 33.6 Å². The van der Waals surface area contributed by atoms with Gasteiger partial charge < -0.3 is 15.8 Å². The highest BCUT2D eigenvalue weighted by Gasteiger charge is 2.44. The van der Waals surface area contributed by atoms with Crippen molar-refractivity contribution in [2.45, 2.75) is 18.9 Å². The molecule has 0 radical (unpaired) electrons. The Kier molecular flexibility index (Phi) is 5.29. The van der Waals surface area contributed by atoms with E-state index in [2.05, 4.69) is 10.6 Å². The van der Waals surface area contributed by atoms with E-state index in [9.17, 15) is 19.2 Å². The number of anilines is 1. The van der Waals surface area contributed by atoms with Crippen LogP contribution < -0.4 is 16.4 Å². The van der Waals surface area contributed by atoms with Gasteiger partial charge in [-0.25, -0.2) is 0 Å². The summed E-state index contributed by atoms with van der Waals surface area (Å²) in [5.41, 5.74) is 6.51. The third-order valence-electron chi connectivity index (χ3n) is 4.28. The van der Waals surface area contributed by atoms with E-state index in [1.165, 1.54) is 0 Å². The summed E-state index contributed by atoms with van der Waals surface area (Å²) >= 11 is 0. The predicted molar refractivity (Wildman–Crippen MR) is 91.5 cm³/mol. The van der Waals surface area contributed by atoms with Crippen molar-refractivity contribution in [3.05, 3.63) is 29.3 Å². The standard InChI is InChI=1S/C17H20N4O5/c18-5-7-26-8-6-19-10-1-2-11-12(9-10)17(25)21(16(11)24)13-3-4-14(22)20-15(13)23/h1-2,9,13,19H,3-8,18H2,(H,20,22,23). The third-order valence-corrected chi connectivity index (χ3v) is 4.28. The normalized spacial score (nSPS) is 19.6. The molecule has 0 saturated carbocycles. The summed E-state index contributed by atoms with van der Waals surface area (Å²) in [6.07, 6.45) is 0.235. The number of ether oxygens (including phenoxy) is 1. The first-order chi connectivity index (χ1) is 12.5. The van der Waals surface area contributed by atoms with Crippen LogP contribution in [0.3, 0.4) is 0 Å². The summed E-state index contributed by atoms with van der Waals surface area (Å²) < 4.78 is 5.26. The second-order valence-electron chi connectivity index (χ2n) is 6.04. The van der Waals surface area contributed by atoms with Crippen molar-refractivity contribution in [1.82, 2.24) is 10.2 Å². The van der Waals surface area contributed by atoms with Crippen LogP contribution in [0.25, 0.3) is 0 Å². The Morgan fingerprint density at radius 3 is 2.65 bits per heavy atom. The van der Waals surface area contributed by atoms with Crippen molar-refractivity contribution >= 4 is 29.3 Å². The Labute approximate surface area is 149 Å². The smallest absolute Gasteiger partial charge is 0.262 e. The lowest BCUT2D eigenvalue weighted by Crippen LogP contribution is -2.54. The number of piperidine rings is 1. The van der Waals surface area contributed by atoms with Crippen LogP contribution in [0, 0.1) is 0 Å². The SMILES string of the molecule is NCCOCCNc1ccc2c(c1)C(=O)N(C1CCC(=O)NC1=O)C2=O. The molecule has 138 valence electrons. The number of nitrogens with two attached hydrogens (primary N) is 1. The molecule has 2 aliphatic heterocycles. The molecule has 1 aromatic carbocycles. The molecule has 0 bridgehead atoms. The van der Waals surface area contributed by atoms with Gasteiger partial charge in [-0.05, 0) is 24.6 Å². The minimum Gasteiger partial charge on any atom is -0.383 e. The lowest BCUT2D eigenvalue weighted by molar-refractivity contribution is -0.136. The van der Waals surface area contributed by atoms with Crippen LogP contribution in [0.5, 0.6) is 0 Å². The van der Waals surface area contributed by atoms with Gasteiger partial charge in [-0.15, -0.1) is 0 Å². The Balaban J connectivity index is 1.71. The molecule has 4 amide bonds. The third kappa shape index (κ3) is 3.44. The molecule has 0 spiro atoms. The molecule has 4 N–H and O–H groups in total.